The Morgan fingerprint density at radius 1 is 1.11 bits per heavy atom. The molecule has 8 nitrogen and oxygen atoms in total. The van der Waals surface area contributed by atoms with Crippen LogP contribution in [0, 0.1) is 18.6 Å². The summed E-state index contributed by atoms with van der Waals surface area (Å²) >= 11 is 0. The van der Waals surface area contributed by atoms with Gasteiger partial charge >= 0.3 is 0 Å². The van der Waals surface area contributed by atoms with Crippen molar-refractivity contribution in [3.8, 4) is 5.75 Å². The van der Waals surface area contributed by atoms with E-state index in [2.05, 4.69) is 20.6 Å². The first-order chi connectivity index (χ1) is 17.3. The molecule has 1 amide bonds. The van der Waals surface area contributed by atoms with Gasteiger partial charge in [0.25, 0.3) is 0 Å². The number of carbonyl (C=O) groups is 1. The second kappa shape index (κ2) is 9.96. The highest BCUT2D eigenvalue weighted by Gasteiger charge is 2.24. The van der Waals surface area contributed by atoms with E-state index in [1.54, 1.807) is 4.90 Å². The Hall–Kier alpha value is -3.95. The van der Waals surface area contributed by atoms with Crippen LogP contribution in [-0.2, 0) is 11.3 Å². The van der Waals surface area contributed by atoms with Crippen LogP contribution < -0.4 is 25.2 Å². The number of nitrogens with zero attached hydrogens (tertiary/aromatic N) is 4. The molecule has 1 fully saturated rings. The molecule has 0 aliphatic carbocycles. The Labute approximate surface area is 208 Å². The number of rotatable bonds is 6. The second-order valence-electron chi connectivity index (χ2n) is 9.17. The Kier molecular flexibility index (Phi) is 6.58. The highest BCUT2D eigenvalue weighted by atomic mass is 19.1. The SMILES string of the molecule is Cc1nc(NCc2cccc(OC3CCN(c4cc(F)cc(F)c4)CC3)c2)nc2c1NC(=O)CN2C. The molecule has 2 aromatic carbocycles. The molecule has 3 aromatic rings. The first kappa shape index (κ1) is 23.8. The van der Waals surface area contributed by atoms with Crippen LogP contribution in [-0.4, -0.2) is 48.7 Å². The van der Waals surface area contributed by atoms with Crippen molar-refractivity contribution in [1.82, 2.24) is 9.97 Å². The van der Waals surface area contributed by atoms with E-state index in [9.17, 15) is 13.6 Å². The lowest BCUT2D eigenvalue weighted by atomic mass is 10.1. The van der Waals surface area contributed by atoms with Gasteiger partial charge in [0.15, 0.2) is 5.82 Å². The maximum absolute atomic E-state index is 13.6. The average Bonchev–Trinajstić information content (AvgIpc) is 2.84. The summed E-state index contributed by atoms with van der Waals surface area (Å²) in [7, 11) is 1.83. The predicted molar refractivity (Wildman–Crippen MR) is 135 cm³/mol. The zero-order valence-corrected chi connectivity index (χ0v) is 20.2. The monoisotopic (exact) mass is 494 g/mol. The van der Waals surface area contributed by atoms with Gasteiger partial charge in [-0.15, -0.1) is 0 Å². The molecule has 188 valence electrons. The zero-order chi connectivity index (χ0) is 25.2. The molecule has 3 heterocycles. The molecule has 5 rings (SSSR count). The van der Waals surface area contributed by atoms with Crippen molar-refractivity contribution in [2.24, 2.45) is 0 Å². The molecule has 2 aliphatic rings. The molecule has 0 saturated carbocycles. The van der Waals surface area contributed by atoms with Gasteiger partial charge in [0.05, 0.1) is 12.2 Å². The molecule has 0 bridgehead atoms. The van der Waals surface area contributed by atoms with Crippen LogP contribution in [0.2, 0.25) is 0 Å². The molecular formula is C26H28F2N6O2. The maximum atomic E-state index is 13.6. The van der Waals surface area contributed by atoms with E-state index in [0.717, 1.165) is 30.2 Å². The third-order valence-electron chi connectivity index (χ3n) is 6.38. The molecule has 0 spiro atoms. The molecule has 36 heavy (non-hydrogen) atoms. The fourth-order valence-electron chi connectivity index (χ4n) is 4.58. The molecule has 0 radical (unpaired) electrons. The van der Waals surface area contributed by atoms with Crippen LogP contribution >= 0.6 is 0 Å². The minimum atomic E-state index is -0.566. The highest BCUT2D eigenvalue weighted by Crippen LogP contribution is 2.30. The van der Waals surface area contributed by atoms with Gasteiger partial charge in [-0.05, 0) is 36.8 Å². The van der Waals surface area contributed by atoms with Crippen molar-refractivity contribution in [3.05, 3.63) is 65.4 Å². The molecule has 2 aliphatic heterocycles. The fourth-order valence-corrected chi connectivity index (χ4v) is 4.58. The maximum Gasteiger partial charge on any atom is 0.244 e. The summed E-state index contributed by atoms with van der Waals surface area (Å²) in [5.41, 5.74) is 2.92. The van der Waals surface area contributed by atoms with E-state index in [0.29, 0.717) is 48.5 Å². The summed E-state index contributed by atoms with van der Waals surface area (Å²) in [6.07, 6.45) is 1.54. The highest BCUT2D eigenvalue weighted by molar-refractivity contribution is 6.00. The van der Waals surface area contributed by atoms with E-state index >= 15 is 0 Å². The summed E-state index contributed by atoms with van der Waals surface area (Å²) < 4.78 is 33.3. The van der Waals surface area contributed by atoms with Gasteiger partial charge in [0.1, 0.15) is 29.2 Å². The summed E-state index contributed by atoms with van der Waals surface area (Å²) in [5, 5.41) is 6.10. The summed E-state index contributed by atoms with van der Waals surface area (Å²) in [4.78, 5) is 24.6. The standard InChI is InChI=1S/C26H28F2N6O2/c1-16-24-25(33(2)15-23(35)31-24)32-26(30-16)29-14-17-4-3-5-22(10-17)36-21-6-8-34(9-7-21)20-12-18(27)11-19(28)13-20/h3-5,10-13,21H,6-9,14-15H2,1-2H3,(H,31,35)(H,29,30,32). The summed E-state index contributed by atoms with van der Waals surface area (Å²) in [6, 6.07) is 11.5. The molecule has 10 heteroatoms. The number of hydrogen-bond acceptors (Lipinski definition) is 7. The number of fused-ring (bicyclic) bond motifs is 1. The Morgan fingerprint density at radius 3 is 2.61 bits per heavy atom. The fraction of sp³-hybridized carbons (Fsp3) is 0.346. The first-order valence-electron chi connectivity index (χ1n) is 11.9. The number of carbonyl (C=O) groups excluding carboxylic acids is 1. The number of anilines is 4. The Bertz CT molecular complexity index is 1260. The van der Waals surface area contributed by atoms with Crippen molar-refractivity contribution in [3.63, 3.8) is 0 Å². The van der Waals surface area contributed by atoms with Gasteiger partial charge in [0.2, 0.25) is 11.9 Å². The number of benzene rings is 2. The number of aryl methyl sites for hydroxylation is 1. The van der Waals surface area contributed by atoms with E-state index in [1.165, 1.54) is 12.1 Å². The van der Waals surface area contributed by atoms with Crippen LogP contribution in [0.3, 0.4) is 0 Å². The number of piperidine rings is 1. The van der Waals surface area contributed by atoms with Crippen molar-refractivity contribution < 1.29 is 18.3 Å². The second-order valence-corrected chi connectivity index (χ2v) is 9.17. The average molecular weight is 495 g/mol. The van der Waals surface area contributed by atoms with Gasteiger partial charge in [0, 0.05) is 51.3 Å². The van der Waals surface area contributed by atoms with Gasteiger partial charge in [-0.25, -0.2) is 13.8 Å². The van der Waals surface area contributed by atoms with Gasteiger partial charge in [-0.3, -0.25) is 4.79 Å². The third kappa shape index (κ3) is 5.32. The minimum absolute atomic E-state index is 0.0280. The third-order valence-corrected chi connectivity index (χ3v) is 6.38. The number of likely N-dealkylation sites (N-methyl/N-ethyl adjacent to an activating group) is 1. The lowest BCUT2D eigenvalue weighted by Gasteiger charge is -2.33. The van der Waals surface area contributed by atoms with Crippen molar-refractivity contribution >= 4 is 29.0 Å². The molecule has 0 atom stereocenters. The zero-order valence-electron chi connectivity index (χ0n) is 20.2. The van der Waals surface area contributed by atoms with Crippen LogP contribution in [0.4, 0.5) is 31.9 Å². The van der Waals surface area contributed by atoms with E-state index in [1.807, 2.05) is 43.1 Å². The van der Waals surface area contributed by atoms with Gasteiger partial charge in [-0.1, -0.05) is 12.1 Å². The Morgan fingerprint density at radius 2 is 1.86 bits per heavy atom. The largest absolute Gasteiger partial charge is 0.490 e. The lowest BCUT2D eigenvalue weighted by molar-refractivity contribution is -0.115. The van der Waals surface area contributed by atoms with E-state index in [-0.39, 0.29) is 18.6 Å². The molecule has 1 saturated heterocycles. The number of aromatic nitrogens is 2. The molecule has 1 aromatic heterocycles. The van der Waals surface area contributed by atoms with Gasteiger partial charge < -0.3 is 25.2 Å². The quantitative estimate of drug-likeness (QED) is 0.534. The van der Waals surface area contributed by atoms with Gasteiger partial charge in [-0.2, -0.15) is 4.98 Å². The van der Waals surface area contributed by atoms with Crippen LogP contribution in [0.5, 0.6) is 5.75 Å². The number of halogens is 2. The van der Waals surface area contributed by atoms with E-state index in [4.69, 9.17) is 4.74 Å². The van der Waals surface area contributed by atoms with E-state index < -0.39 is 11.6 Å². The number of ether oxygens (including phenoxy) is 1. The summed E-state index contributed by atoms with van der Waals surface area (Å²) in [6.45, 7) is 3.93. The van der Waals surface area contributed by atoms with Crippen LogP contribution in [0.1, 0.15) is 24.1 Å². The number of amides is 1. The van der Waals surface area contributed by atoms with Crippen molar-refractivity contribution in [1.29, 1.82) is 0 Å². The number of hydrogen-bond donors (Lipinski definition) is 2. The normalized spacial score (nSPS) is 15.9. The minimum Gasteiger partial charge on any atom is -0.490 e. The lowest BCUT2D eigenvalue weighted by Crippen LogP contribution is -2.38. The first-order valence-corrected chi connectivity index (χ1v) is 11.9. The number of nitrogens with one attached hydrogen (secondary N) is 2. The predicted octanol–water partition coefficient (Wildman–Crippen LogP) is 4.11. The van der Waals surface area contributed by atoms with Crippen molar-refractivity contribution in [2.75, 3.05) is 47.1 Å². The molecule has 0 unspecified atom stereocenters. The topological polar surface area (TPSA) is 82.6 Å². The van der Waals surface area contributed by atoms with Crippen molar-refractivity contribution in [2.45, 2.75) is 32.4 Å². The van der Waals surface area contributed by atoms with Crippen LogP contribution in [0.25, 0.3) is 0 Å². The van der Waals surface area contributed by atoms with Crippen LogP contribution in [0.15, 0.2) is 42.5 Å². The molecule has 2 N–H and O–H groups in total. The molecular weight excluding hydrogens is 466 g/mol. The Balaban J connectivity index is 1.18. The smallest absolute Gasteiger partial charge is 0.244 e. The summed E-state index contributed by atoms with van der Waals surface area (Å²) in [5.74, 6) is 0.736.